The molecular formula is C19H16ClNO5. The van der Waals surface area contributed by atoms with Gasteiger partial charge < -0.3 is 19.5 Å². The summed E-state index contributed by atoms with van der Waals surface area (Å²) >= 11 is 5.86. The molecule has 0 radical (unpaired) electrons. The summed E-state index contributed by atoms with van der Waals surface area (Å²) in [6, 6.07) is 12.0. The fraction of sp³-hybridized carbons (Fsp3) is 0.158. The molecule has 2 aromatic carbocycles. The van der Waals surface area contributed by atoms with Crippen molar-refractivity contribution in [1.29, 1.82) is 0 Å². The second-order valence-electron chi connectivity index (χ2n) is 5.52. The van der Waals surface area contributed by atoms with Crippen molar-refractivity contribution in [3.8, 4) is 11.5 Å². The number of hydrogen-bond acceptors (Lipinski definition) is 5. The molecule has 0 saturated carbocycles. The first-order valence-electron chi connectivity index (χ1n) is 7.86. The summed E-state index contributed by atoms with van der Waals surface area (Å²) < 4.78 is 15.6. The topological polar surface area (TPSA) is 73.9 Å². The first-order chi connectivity index (χ1) is 12.5. The molecule has 1 aliphatic heterocycles. The number of carbonyl (C=O) groups is 2. The van der Waals surface area contributed by atoms with Crippen molar-refractivity contribution < 1.29 is 23.8 Å². The van der Waals surface area contributed by atoms with Crippen LogP contribution in [0.5, 0.6) is 11.5 Å². The average molecular weight is 374 g/mol. The molecule has 3 rings (SSSR count). The zero-order valence-corrected chi connectivity index (χ0v) is 14.7. The molecule has 26 heavy (non-hydrogen) atoms. The minimum absolute atomic E-state index is 0.184. The van der Waals surface area contributed by atoms with Gasteiger partial charge in [-0.05, 0) is 48.9 Å². The van der Waals surface area contributed by atoms with Crippen LogP contribution in [0.15, 0.2) is 48.5 Å². The van der Waals surface area contributed by atoms with Gasteiger partial charge in [0.2, 0.25) is 6.79 Å². The van der Waals surface area contributed by atoms with Crippen LogP contribution in [0.25, 0.3) is 6.08 Å². The molecule has 134 valence electrons. The van der Waals surface area contributed by atoms with E-state index in [1.165, 1.54) is 13.0 Å². The first kappa shape index (κ1) is 17.8. The Morgan fingerprint density at radius 3 is 2.81 bits per heavy atom. The summed E-state index contributed by atoms with van der Waals surface area (Å²) in [5, 5.41) is 3.13. The van der Waals surface area contributed by atoms with Crippen molar-refractivity contribution >= 4 is 35.2 Å². The van der Waals surface area contributed by atoms with Crippen LogP contribution < -0.4 is 14.8 Å². The molecule has 0 aromatic heterocycles. The van der Waals surface area contributed by atoms with E-state index in [-0.39, 0.29) is 6.79 Å². The average Bonchev–Trinajstić information content (AvgIpc) is 3.07. The number of hydrogen-bond donors (Lipinski definition) is 1. The van der Waals surface area contributed by atoms with Crippen molar-refractivity contribution in [2.24, 2.45) is 0 Å². The minimum atomic E-state index is -0.956. The molecule has 2 aromatic rings. The fourth-order valence-electron chi connectivity index (χ4n) is 2.26. The van der Waals surface area contributed by atoms with Gasteiger partial charge in [0.15, 0.2) is 17.6 Å². The summed E-state index contributed by atoms with van der Waals surface area (Å²) in [7, 11) is 0. The smallest absolute Gasteiger partial charge is 0.331 e. The van der Waals surface area contributed by atoms with Gasteiger partial charge in [-0.2, -0.15) is 0 Å². The number of carbonyl (C=O) groups excluding carboxylic acids is 2. The lowest BCUT2D eigenvalue weighted by Gasteiger charge is -2.12. The quantitative estimate of drug-likeness (QED) is 0.639. The van der Waals surface area contributed by atoms with Crippen LogP contribution in [0.2, 0.25) is 5.02 Å². The van der Waals surface area contributed by atoms with E-state index >= 15 is 0 Å². The number of halogens is 1. The second-order valence-corrected chi connectivity index (χ2v) is 5.96. The van der Waals surface area contributed by atoms with E-state index in [1.54, 1.807) is 48.5 Å². The van der Waals surface area contributed by atoms with Crippen molar-refractivity contribution in [1.82, 2.24) is 0 Å². The van der Waals surface area contributed by atoms with Gasteiger partial charge in [-0.3, -0.25) is 4.79 Å². The number of nitrogens with one attached hydrogen (secondary N) is 1. The molecule has 0 bridgehead atoms. The highest BCUT2D eigenvalue weighted by molar-refractivity contribution is 6.30. The molecule has 1 atom stereocenters. The van der Waals surface area contributed by atoms with Gasteiger partial charge in [-0.15, -0.1) is 0 Å². The molecule has 0 aliphatic carbocycles. The van der Waals surface area contributed by atoms with Gasteiger partial charge >= 0.3 is 5.97 Å². The third kappa shape index (κ3) is 4.55. The van der Waals surface area contributed by atoms with Crippen LogP contribution in [0.1, 0.15) is 12.5 Å². The van der Waals surface area contributed by atoms with Gasteiger partial charge in [-0.1, -0.05) is 23.7 Å². The van der Waals surface area contributed by atoms with Crippen molar-refractivity contribution in [2.75, 3.05) is 12.1 Å². The fourth-order valence-corrected chi connectivity index (χ4v) is 2.45. The van der Waals surface area contributed by atoms with Gasteiger partial charge in [-0.25, -0.2) is 4.79 Å². The molecule has 1 heterocycles. The Morgan fingerprint density at radius 2 is 2.00 bits per heavy atom. The zero-order chi connectivity index (χ0) is 18.5. The van der Waals surface area contributed by atoms with Gasteiger partial charge in [0.1, 0.15) is 0 Å². The third-order valence-electron chi connectivity index (χ3n) is 3.56. The Morgan fingerprint density at radius 1 is 1.19 bits per heavy atom. The first-order valence-corrected chi connectivity index (χ1v) is 8.24. The van der Waals surface area contributed by atoms with E-state index in [1.807, 2.05) is 0 Å². The molecule has 6 nitrogen and oxygen atoms in total. The number of ether oxygens (including phenoxy) is 3. The molecule has 1 N–H and O–H groups in total. The number of amides is 1. The van der Waals surface area contributed by atoms with Crippen LogP contribution in [-0.4, -0.2) is 24.8 Å². The monoisotopic (exact) mass is 373 g/mol. The SMILES string of the molecule is C[C@@H](OC(=O)/C=C/c1ccc2c(c1)OCO2)C(=O)Nc1cccc(Cl)c1. The van der Waals surface area contributed by atoms with E-state index in [2.05, 4.69) is 5.32 Å². The normalized spacial score (nSPS) is 13.5. The van der Waals surface area contributed by atoms with E-state index in [4.69, 9.17) is 25.8 Å². The Balaban J connectivity index is 1.54. The van der Waals surface area contributed by atoms with Crippen LogP contribution >= 0.6 is 11.6 Å². The summed E-state index contributed by atoms with van der Waals surface area (Å²) in [5.41, 5.74) is 1.28. The van der Waals surface area contributed by atoms with Crippen LogP contribution in [0.4, 0.5) is 5.69 Å². The van der Waals surface area contributed by atoms with Crippen molar-refractivity contribution in [2.45, 2.75) is 13.0 Å². The summed E-state index contributed by atoms with van der Waals surface area (Å²) in [6.07, 6.45) is 1.87. The number of fused-ring (bicyclic) bond motifs is 1. The highest BCUT2D eigenvalue weighted by atomic mass is 35.5. The molecule has 0 saturated heterocycles. The standard InChI is InChI=1S/C19H16ClNO5/c1-12(19(23)21-15-4-2-3-14(20)10-15)26-18(22)8-6-13-5-7-16-17(9-13)25-11-24-16/h2-10,12H,11H2,1H3,(H,21,23)/b8-6+/t12-/m1/s1. The second kappa shape index (κ2) is 7.93. The van der Waals surface area contributed by atoms with E-state index in [0.717, 1.165) is 5.56 Å². The molecular weight excluding hydrogens is 358 g/mol. The van der Waals surface area contributed by atoms with Crippen LogP contribution in [0.3, 0.4) is 0 Å². The van der Waals surface area contributed by atoms with Crippen LogP contribution in [0, 0.1) is 0 Å². The summed E-state index contributed by atoms with van der Waals surface area (Å²) in [6.45, 7) is 1.68. The third-order valence-corrected chi connectivity index (χ3v) is 3.80. The van der Waals surface area contributed by atoms with Crippen molar-refractivity contribution in [3.05, 3.63) is 59.1 Å². The number of benzene rings is 2. The summed E-state index contributed by atoms with van der Waals surface area (Å²) in [4.78, 5) is 24.0. The lowest BCUT2D eigenvalue weighted by atomic mass is 10.2. The Hall–Kier alpha value is -2.99. The largest absolute Gasteiger partial charge is 0.454 e. The molecule has 0 spiro atoms. The Kier molecular flexibility index (Phi) is 5.43. The van der Waals surface area contributed by atoms with Crippen molar-refractivity contribution in [3.63, 3.8) is 0 Å². The predicted octanol–water partition coefficient (Wildman–Crippen LogP) is 3.65. The molecule has 0 unspecified atom stereocenters. The van der Waals surface area contributed by atoms with E-state index in [9.17, 15) is 9.59 Å². The molecule has 0 fully saturated rings. The van der Waals surface area contributed by atoms with Gasteiger partial charge in [0.25, 0.3) is 5.91 Å². The molecule has 1 aliphatic rings. The Bertz CT molecular complexity index is 865. The maximum absolute atomic E-state index is 12.1. The maximum Gasteiger partial charge on any atom is 0.331 e. The highest BCUT2D eigenvalue weighted by Crippen LogP contribution is 2.32. The highest BCUT2D eigenvalue weighted by Gasteiger charge is 2.17. The summed E-state index contributed by atoms with van der Waals surface area (Å²) in [5.74, 6) is 0.208. The van der Waals surface area contributed by atoms with E-state index < -0.39 is 18.0 Å². The van der Waals surface area contributed by atoms with E-state index in [0.29, 0.717) is 22.2 Å². The lowest BCUT2D eigenvalue weighted by Crippen LogP contribution is -2.29. The number of anilines is 1. The van der Waals surface area contributed by atoms with Crippen LogP contribution in [-0.2, 0) is 14.3 Å². The number of esters is 1. The Labute approximate surface area is 155 Å². The molecule has 1 amide bonds. The zero-order valence-electron chi connectivity index (χ0n) is 13.9. The number of rotatable bonds is 5. The predicted molar refractivity (Wildman–Crippen MR) is 97.2 cm³/mol. The maximum atomic E-state index is 12.1. The lowest BCUT2D eigenvalue weighted by molar-refractivity contribution is -0.148. The van der Waals surface area contributed by atoms with Gasteiger partial charge in [0, 0.05) is 16.8 Å². The van der Waals surface area contributed by atoms with Gasteiger partial charge in [0.05, 0.1) is 0 Å². The molecule has 7 heteroatoms. The minimum Gasteiger partial charge on any atom is -0.454 e.